The molecule has 0 bridgehead atoms. The molecule has 0 spiro atoms. The van der Waals surface area contributed by atoms with E-state index >= 15 is 0 Å². The summed E-state index contributed by atoms with van der Waals surface area (Å²) in [6.07, 6.45) is 0. The van der Waals surface area contributed by atoms with Crippen molar-refractivity contribution in [3.63, 3.8) is 0 Å². The summed E-state index contributed by atoms with van der Waals surface area (Å²) in [7, 11) is 0. The molecule has 2 N–H and O–H groups in total. The molecule has 2 aromatic rings. The Hall–Kier alpha value is -1.85. The summed E-state index contributed by atoms with van der Waals surface area (Å²) in [5.41, 5.74) is 1.88. The highest BCUT2D eigenvalue weighted by Crippen LogP contribution is 2.31. The lowest BCUT2D eigenvalue weighted by atomic mass is 10.1. The Morgan fingerprint density at radius 3 is 2.90 bits per heavy atom. The zero-order valence-corrected chi connectivity index (χ0v) is 12.9. The van der Waals surface area contributed by atoms with E-state index < -0.39 is 0 Å². The van der Waals surface area contributed by atoms with Gasteiger partial charge >= 0.3 is 0 Å². The van der Waals surface area contributed by atoms with Crippen LogP contribution < -0.4 is 15.4 Å². The number of fused-ring (bicyclic) bond motifs is 1. The van der Waals surface area contributed by atoms with Gasteiger partial charge < -0.3 is 15.4 Å². The molecule has 0 saturated heterocycles. The molecule has 110 valence electrons. The van der Waals surface area contributed by atoms with Gasteiger partial charge in [0, 0.05) is 17.0 Å². The third-order valence-electron chi connectivity index (χ3n) is 3.61. The van der Waals surface area contributed by atoms with Crippen molar-refractivity contribution in [2.75, 3.05) is 11.9 Å². The number of anilines is 1. The number of benzene rings is 1. The van der Waals surface area contributed by atoms with E-state index in [0.717, 1.165) is 17.0 Å². The molecule has 1 aromatic heterocycles. The summed E-state index contributed by atoms with van der Waals surface area (Å²) in [6.45, 7) is 4.37. The monoisotopic (exact) mass is 302 g/mol. The van der Waals surface area contributed by atoms with Gasteiger partial charge in [0.1, 0.15) is 5.75 Å². The van der Waals surface area contributed by atoms with Crippen LogP contribution in [0.1, 0.15) is 36.4 Å². The predicted octanol–water partition coefficient (Wildman–Crippen LogP) is 3.49. The molecule has 21 heavy (non-hydrogen) atoms. The predicted molar refractivity (Wildman–Crippen MR) is 84.9 cm³/mol. The number of ether oxygens (including phenoxy) is 1. The second-order valence-electron chi connectivity index (χ2n) is 5.22. The maximum Gasteiger partial charge on any atom is 0.262 e. The Balaban J connectivity index is 1.74. The molecular weight excluding hydrogens is 284 g/mol. The van der Waals surface area contributed by atoms with E-state index in [-0.39, 0.29) is 18.6 Å². The molecule has 0 saturated carbocycles. The summed E-state index contributed by atoms with van der Waals surface area (Å²) < 4.78 is 5.38. The topological polar surface area (TPSA) is 50.4 Å². The van der Waals surface area contributed by atoms with Gasteiger partial charge in [-0.1, -0.05) is 12.1 Å². The van der Waals surface area contributed by atoms with Gasteiger partial charge in [-0.2, -0.15) is 0 Å². The molecule has 1 unspecified atom stereocenters. The first-order chi connectivity index (χ1) is 10.1. The van der Waals surface area contributed by atoms with Gasteiger partial charge in [-0.3, -0.25) is 4.79 Å². The molecule has 1 amide bonds. The smallest absolute Gasteiger partial charge is 0.262 e. The number of carbonyl (C=O) groups excluding carboxylic acids is 1. The normalized spacial score (nSPS) is 16.6. The first kappa shape index (κ1) is 14.1. The van der Waals surface area contributed by atoms with Crippen molar-refractivity contribution < 1.29 is 9.53 Å². The lowest BCUT2D eigenvalue weighted by Gasteiger charge is -2.23. The molecule has 0 aliphatic carbocycles. The quantitative estimate of drug-likeness (QED) is 0.909. The summed E-state index contributed by atoms with van der Waals surface area (Å²) in [5, 5.41) is 8.51. The van der Waals surface area contributed by atoms with Crippen LogP contribution in [0.15, 0.2) is 35.7 Å². The van der Waals surface area contributed by atoms with E-state index in [0.29, 0.717) is 6.04 Å². The van der Waals surface area contributed by atoms with Crippen molar-refractivity contribution in [2.45, 2.75) is 25.9 Å². The number of hydrogen-bond acceptors (Lipinski definition) is 4. The van der Waals surface area contributed by atoms with Gasteiger partial charge in [-0.05, 0) is 43.0 Å². The minimum Gasteiger partial charge on any atom is -0.482 e. The number of hydrogen-bond donors (Lipinski definition) is 2. The largest absolute Gasteiger partial charge is 0.482 e. The number of rotatable bonds is 4. The lowest BCUT2D eigenvalue weighted by Crippen LogP contribution is -2.26. The van der Waals surface area contributed by atoms with E-state index in [2.05, 4.69) is 42.0 Å². The fourth-order valence-electron chi connectivity index (χ4n) is 2.46. The second-order valence-corrected chi connectivity index (χ2v) is 6.20. The van der Waals surface area contributed by atoms with Crippen molar-refractivity contribution in [1.82, 2.24) is 5.32 Å². The highest BCUT2D eigenvalue weighted by molar-refractivity contribution is 7.10. The van der Waals surface area contributed by atoms with Crippen molar-refractivity contribution in [3.8, 4) is 5.75 Å². The van der Waals surface area contributed by atoms with Gasteiger partial charge in [0.2, 0.25) is 0 Å². The average molecular weight is 302 g/mol. The highest BCUT2D eigenvalue weighted by Gasteiger charge is 2.18. The number of nitrogens with one attached hydrogen (secondary N) is 2. The molecule has 1 aliphatic heterocycles. The number of amides is 1. The van der Waals surface area contributed by atoms with E-state index in [1.54, 1.807) is 11.3 Å². The first-order valence-electron chi connectivity index (χ1n) is 6.99. The Labute approximate surface area is 128 Å². The molecule has 5 heteroatoms. The zero-order valence-electron chi connectivity index (χ0n) is 12.1. The number of thiophene rings is 1. The van der Waals surface area contributed by atoms with Gasteiger partial charge in [-0.15, -0.1) is 11.3 Å². The van der Waals surface area contributed by atoms with Crippen LogP contribution in [-0.2, 0) is 4.79 Å². The summed E-state index contributed by atoms with van der Waals surface area (Å²) in [5.74, 6) is 0.629. The van der Waals surface area contributed by atoms with Crippen LogP contribution in [0.25, 0.3) is 0 Å². The van der Waals surface area contributed by atoms with Crippen LogP contribution in [0.2, 0.25) is 0 Å². The fourth-order valence-corrected chi connectivity index (χ4v) is 3.20. The van der Waals surface area contributed by atoms with E-state index in [4.69, 9.17) is 4.74 Å². The molecule has 2 atom stereocenters. The average Bonchev–Trinajstić information content (AvgIpc) is 3.00. The van der Waals surface area contributed by atoms with Crippen LogP contribution in [-0.4, -0.2) is 12.5 Å². The lowest BCUT2D eigenvalue weighted by molar-refractivity contribution is -0.118. The van der Waals surface area contributed by atoms with Gasteiger partial charge in [0.25, 0.3) is 5.91 Å². The number of carbonyl (C=O) groups is 1. The van der Waals surface area contributed by atoms with Crippen molar-refractivity contribution >= 4 is 22.9 Å². The van der Waals surface area contributed by atoms with Crippen LogP contribution >= 0.6 is 11.3 Å². The zero-order chi connectivity index (χ0) is 14.8. The Morgan fingerprint density at radius 2 is 2.14 bits per heavy atom. The Morgan fingerprint density at radius 1 is 1.29 bits per heavy atom. The molecule has 1 aliphatic rings. The fraction of sp³-hybridized carbons (Fsp3) is 0.312. The van der Waals surface area contributed by atoms with Gasteiger partial charge in [-0.25, -0.2) is 0 Å². The van der Waals surface area contributed by atoms with Gasteiger partial charge in [0.15, 0.2) is 6.61 Å². The molecule has 2 heterocycles. The maximum absolute atomic E-state index is 11.4. The molecule has 3 rings (SSSR count). The third-order valence-corrected chi connectivity index (χ3v) is 4.66. The van der Waals surface area contributed by atoms with Gasteiger partial charge in [0.05, 0.1) is 5.69 Å². The van der Waals surface area contributed by atoms with E-state index in [9.17, 15) is 4.79 Å². The second kappa shape index (κ2) is 5.87. The Bertz CT molecular complexity index is 640. The van der Waals surface area contributed by atoms with Crippen LogP contribution in [0.4, 0.5) is 5.69 Å². The first-order valence-corrected chi connectivity index (χ1v) is 7.87. The minimum atomic E-state index is -0.104. The molecular formula is C16H18N2O2S. The summed E-state index contributed by atoms with van der Waals surface area (Å²) in [6, 6.07) is 10.6. The summed E-state index contributed by atoms with van der Waals surface area (Å²) >= 11 is 1.75. The molecule has 0 fully saturated rings. The standard InChI is InChI=1S/C16H18N2O2S/c1-10(17-11(2)15-4-3-7-21-15)12-5-6-14-13(8-12)18-16(19)9-20-14/h3-8,10-11,17H,9H2,1-2H3,(H,18,19)/t10?,11-/m0/s1. The van der Waals surface area contributed by atoms with Crippen molar-refractivity contribution in [2.24, 2.45) is 0 Å². The van der Waals surface area contributed by atoms with E-state index in [1.165, 1.54) is 4.88 Å². The molecule has 4 nitrogen and oxygen atoms in total. The van der Waals surface area contributed by atoms with Crippen molar-refractivity contribution in [1.29, 1.82) is 0 Å². The molecule has 1 aromatic carbocycles. The van der Waals surface area contributed by atoms with Crippen LogP contribution in [0.5, 0.6) is 5.75 Å². The third kappa shape index (κ3) is 3.09. The van der Waals surface area contributed by atoms with Crippen molar-refractivity contribution in [3.05, 3.63) is 46.2 Å². The molecule has 0 radical (unpaired) electrons. The minimum absolute atomic E-state index is 0.0928. The van der Waals surface area contributed by atoms with E-state index in [1.807, 2.05) is 18.2 Å². The highest BCUT2D eigenvalue weighted by atomic mass is 32.1. The summed E-state index contributed by atoms with van der Waals surface area (Å²) in [4.78, 5) is 12.7. The van der Waals surface area contributed by atoms with Crippen LogP contribution in [0.3, 0.4) is 0 Å². The Kier molecular flexibility index (Phi) is 3.94. The maximum atomic E-state index is 11.4. The SMILES string of the molecule is CC(N[C@@H](C)c1cccs1)c1ccc2c(c1)NC(=O)CO2. The van der Waals surface area contributed by atoms with Crippen LogP contribution in [0, 0.1) is 0 Å².